The second-order valence-corrected chi connectivity index (χ2v) is 5.49. The van der Waals surface area contributed by atoms with Gasteiger partial charge in [-0.05, 0) is 55.2 Å². The van der Waals surface area contributed by atoms with E-state index in [2.05, 4.69) is 4.98 Å². The standard InChI is InChI=1S/C18H22N2O2/c1-13-11-14(2)17(16(12-13)22-4)18(21)20(3)10-7-15-5-8-19-9-6-15/h5-6,8-9,11-12H,7,10H2,1-4H3. The zero-order valence-electron chi connectivity index (χ0n) is 13.6. The van der Waals surface area contributed by atoms with E-state index in [1.165, 1.54) is 5.56 Å². The highest BCUT2D eigenvalue weighted by atomic mass is 16.5. The molecule has 4 nitrogen and oxygen atoms in total. The third-order valence-electron chi connectivity index (χ3n) is 3.71. The summed E-state index contributed by atoms with van der Waals surface area (Å²) >= 11 is 0. The van der Waals surface area contributed by atoms with Crippen LogP contribution >= 0.6 is 0 Å². The highest BCUT2D eigenvalue weighted by molar-refractivity contribution is 5.98. The van der Waals surface area contributed by atoms with E-state index in [9.17, 15) is 4.79 Å². The quantitative estimate of drug-likeness (QED) is 0.852. The van der Waals surface area contributed by atoms with Gasteiger partial charge in [-0.2, -0.15) is 0 Å². The maximum Gasteiger partial charge on any atom is 0.257 e. The van der Waals surface area contributed by atoms with Crippen molar-refractivity contribution in [3.8, 4) is 5.75 Å². The number of hydrogen-bond donors (Lipinski definition) is 0. The van der Waals surface area contributed by atoms with Crippen LogP contribution in [0.4, 0.5) is 0 Å². The molecular formula is C18H22N2O2. The first-order valence-corrected chi connectivity index (χ1v) is 7.32. The Kier molecular flexibility index (Phi) is 5.15. The Morgan fingerprint density at radius 1 is 1.23 bits per heavy atom. The number of benzene rings is 1. The van der Waals surface area contributed by atoms with Gasteiger partial charge in [0.15, 0.2) is 0 Å². The molecule has 0 saturated carbocycles. The van der Waals surface area contributed by atoms with Gasteiger partial charge in [0.05, 0.1) is 12.7 Å². The minimum Gasteiger partial charge on any atom is -0.496 e. The molecule has 1 aromatic carbocycles. The summed E-state index contributed by atoms with van der Waals surface area (Å²) in [6.45, 7) is 4.59. The van der Waals surface area contributed by atoms with Crippen molar-refractivity contribution in [2.45, 2.75) is 20.3 Å². The molecule has 0 unspecified atom stereocenters. The molecule has 2 rings (SSSR count). The van der Waals surface area contributed by atoms with E-state index in [0.29, 0.717) is 17.9 Å². The van der Waals surface area contributed by atoms with Gasteiger partial charge in [-0.25, -0.2) is 0 Å². The number of rotatable bonds is 5. The first-order chi connectivity index (χ1) is 10.5. The van der Waals surface area contributed by atoms with E-state index >= 15 is 0 Å². The number of pyridine rings is 1. The Bertz CT molecular complexity index is 654. The van der Waals surface area contributed by atoms with Crippen molar-refractivity contribution in [3.63, 3.8) is 0 Å². The summed E-state index contributed by atoms with van der Waals surface area (Å²) in [6.07, 6.45) is 4.34. The van der Waals surface area contributed by atoms with Crippen LogP contribution in [-0.2, 0) is 6.42 Å². The molecule has 0 atom stereocenters. The molecule has 22 heavy (non-hydrogen) atoms. The van der Waals surface area contributed by atoms with Gasteiger partial charge in [0, 0.05) is 26.0 Å². The van der Waals surface area contributed by atoms with Crippen molar-refractivity contribution in [1.29, 1.82) is 0 Å². The van der Waals surface area contributed by atoms with E-state index < -0.39 is 0 Å². The lowest BCUT2D eigenvalue weighted by atomic mass is 10.0. The minimum atomic E-state index is -0.0107. The van der Waals surface area contributed by atoms with Crippen molar-refractivity contribution in [3.05, 3.63) is 58.9 Å². The van der Waals surface area contributed by atoms with Crippen LogP contribution in [0, 0.1) is 13.8 Å². The predicted octanol–water partition coefficient (Wildman–Crippen LogP) is 3.02. The van der Waals surface area contributed by atoms with Crippen LogP contribution in [-0.4, -0.2) is 36.5 Å². The van der Waals surface area contributed by atoms with Crippen molar-refractivity contribution >= 4 is 5.91 Å². The van der Waals surface area contributed by atoms with Crippen LogP contribution < -0.4 is 4.74 Å². The summed E-state index contributed by atoms with van der Waals surface area (Å²) in [7, 11) is 3.42. The molecule has 0 aliphatic heterocycles. The molecule has 4 heteroatoms. The van der Waals surface area contributed by atoms with Crippen LogP contribution in [0.2, 0.25) is 0 Å². The Morgan fingerprint density at radius 2 is 1.91 bits per heavy atom. The number of nitrogens with zero attached hydrogens (tertiary/aromatic N) is 2. The van der Waals surface area contributed by atoms with Gasteiger partial charge < -0.3 is 9.64 Å². The Hall–Kier alpha value is -2.36. The number of hydrogen-bond acceptors (Lipinski definition) is 3. The van der Waals surface area contributed by atoms with Crippen molar-refractivity contribution in [1.82, 2.24) is 9.88 Å². The van der Waals surface area contributed by atoms with Crippen LogP contribution in [0.15, 0.2) is 36.7 Å². The number of amides is 1. The first-order valence-electron chi connectivity index (χ1n) is 7.32. The summed E-state index contributed by atoms with van der Waals surface area (Å²) in [6, 6.07) is 7.84. The Morgan fingerprint density at radius 3 is 2.55 bits per heavy atom. The average Bonchev–Trinajstić information content (AvgIpc) is 2.52. The van der Waals surface area contributed by atoms with Gasteiger partial charge in [-0.15, -0.1) is 0 Å². The number of ether oxygens (including phenoxy) is 1. The first kappa shape index (κ1) is 16.0. The fourth-order valence-electron chi connectivity index (χ4n) is 2.50. The lowest BCUT2D eigenvalue weighted by Gasteiger charge is -2.20. The third kappa shape index (κ3) is 3.64. The zero-order valence-corrected chi connectivity index (χ0v) is 13.6. The van der Waals surface area contributed by atoms with Gasteiger partial charge in [0.25, 0.3) is 5.91 Å². The van der Waals surface area contributed by atoms with Gasteiger partial charge >= 0.3 is 0 Å². The lowest BCUT2D eigenvalue weighted by Crippen LogP contribution is -2.29. The molecule has 1 heterocycles. The minimum absolute atomic E-state index is 0.0107. The Balaban J connectivity index is 2.14. The summed E-state index contributed by atoms with van der Waals surface area (Å²) in [5, 5.41) is 0. The molecule has 0 radical (unpaired) electrons. The number of aryl methyl sites for hydroxylation is 2. The largest absolute Gasteiger partial charge is 0.496 e. The van der Waals surface area contributed by atoms with Gasteiger partial charge in [-0.1, -0.05) is 6.07 Å². The molecule has 0 aliphatic rings. The van der Waals surface area contributed by atoms with E-state index in [1.54, 1.807) is 24.4 Å². The van der Waals surface area contributed by atoms with Gasteiger partial charge in [-0.3, -0.25) is 9.78 Å². The van der Waals surface area contributed by atoms with Crippen molar-refractivity contribution < 1.29 is 9.53 Å². The maximum atomic E-state index is 12.7. The molecule has 0 bridgehead atoms. The Labute approximate surface area is 131 Å². The summed E-state index contributed by atoms with van der Waals surface area (Å²) < 4.78 is 5.39. The molecular weight excluding hydrogens is 276 g/mol. The number of methoxy groups -OCH3 is 1. The molecule has 1 amide bonds. The highest BCUT2D eigenvalue weighted by Crippen LogP contribution is 2.25. The third-order valence-corrected chi connectivity index (χ3v) is 3.71. The molecule has 0 spiro atoms. The predicted molar refractivity (Wildman–Crippen MR) is 87.4 cm³/mol. The lowest BCUT2D eigenvalue weighted by molar-refractivity contribution is 0.0792. The van der Waals surface area contributed by atoms with E-state index in [0.717, 1.165) is 17.5 Å². The fourth-order valence-corrected chi connectivity index (χ4v) is 2.50. The molecule has 0 N–H and O–H groups in total. The molecule has 116 valence electrons. The second-order valence-electron chi connectivity index (χ2n) is 5.49. The normalized spacial score (nSPS) is 10.4. The highest BCUT2D eigenvalue weighted by Gasteiger charge is 2.19. The summed E-state index contributed by atoms with van der Waals surface area (Å²) in [5.74, 6) is 0.627. The molecule has 0 saturated heterocycles. The van der Waals surface area contributed by atoms with Crippen LogP contribution in [0.5, 0.6) is 5.75 Å². The molecule has 2 aromatic rings. The number of likely N-dealkylation sites (N-methyl/N-ethyl adjacent to an activating group) is 1. The van der Waals surface area contributed by atoms with E-state index in [-0.39, 0.29) is 5.91 Å². The van der Waals surface area contributed by atoms with E-state index in [1.807, 2.05) is 45.2 Å². The van der Waals surface area contributed by atoms with Gasteiger partial charge in [0.2, 0.25) is 0 Å². The number of aromatic nitrogens is 1. The smallest absolute Gasteiger partial charge is 0.257 e. The molecule has 1 aromatic heterocycles. The van der Waals surface area contributed by atoms with E-state index in [4.69, 9.17) is 4.74 Å². The zero-order chi connectivity index (χ0) is 16.1. The SMILES string of the molecule is COc1cc(C)cc(C)c1C(=O)N(C)CCc1ccncc1. The summed E-state index contributed by atoms with van der Waals surface area (Å²) in [5.41, 5.74) is 3.84. The van der Waals surface area contributed by atoms with Crippen LogP contribution in [0.1, 0.15) is 27.0 Å². The van der Waals surface area contributed by atoms with Crippen LogP contribution in [0.3, 0.4) is 0 Å². The topological polar surface area (TPSA) is 42.4 Å². The van der Waals surface area contributed by atoms with Crippen LogP contribution in [0.25, 0.3) is 0 Å². The average molecular weight is 298 g/mol. The van der Waals surface area contributed by atoms with Crippen molar-refractivity contribution in [2.24, 2.45) is 0 Å². The summed E-state index contributed by atoms with van der Waals surface area (Å²) in [4.78, 5) is 18.4. The number of carbonyl (C=O) groups excluding carboxylic acids is 1. The fraction of sp³-hybridized carbons (Fsp3) is 0.333. The van der Waals surface area contributed by atoms with Crippen molar-refractivity contribution in [2.75, 3.05) is 20.7 Å². The number of carbonyl (C=O) groups is 1. The second kappa shape index (κ2) is 7.07. The molecule has 0 fully saturated rings. The monoisotopic (exact) mass is 298 g/mol. The molecule has 0 aliphatic carbocycles. The van der Waals surface area contributed by atoms with Gasteiger partial charge in [0.1, 0.15) is 5.75 Å². The maximum absolute atomic E-state index is 12.7.